The third-order valence-electron chi connectivity index (χ3n) is 3.87. The van der Waals surface area contributed by atoms with Gasteiger partial charge in [-0.3, -0.25) is 4.79 Å². The summed E-state index contributed by atoms with van der Waals surface area (Å²) < 4.78 is 4.82. The number of urea groups is 1. The largest absolute Gasteiger partial charge is 2.00 e. The Kier molecular flexibility index (Phi) is 8.17. The average Bonchev–Trinajstić information content (AvgIpc) is 2.50. The number of carbonyl (C=O) groups is 1. The average molecular weight is 485 g/mol. The number of carbonyl (C=O) groups excluding carboxylic acids is 2. The first kappa shape index (κ1) is 19.6. The second-order valence-corrected chi connectivity index (χ2v) is 5.56. The Balaban J connectivity index is 0.00000264. The Hall–Kier alpha value is -1.49. The Morgan fingerprint density at radius 3 is 2.74 bits per heavy atom. The molecule has 1 aromatic carbocycles. The van der Waals surface area contributed by atoms with Gasteiger partial charge in [-0.25, -0.2) is 0 Å². The van der Waals surface area contributed by atoms with Crippen molar-refractivity contribution in [2.75, 3.05) is 5.73 Å². The smallest absolute Gasteiger partial charge is 0.707 e. The maximum absolute atomic E-state index is 12.0. The van der Waals surface area contributed by atoms with E-state index < -0.39 is 7.05 Å². The van der Waals surface area contributed by atoms with E-state index in [0.717, 1.165) is 31.2 Å². The molecule has 1 saturated carbocycles. The summed E-state index contributed by atoms with van der Waals surface area (Å²) in [7, 11) is -0.955. The number of hydrogen-bond donors (Lipinski definition) is 3. The summed E-state index contributed by atoms with van der Waals surface area (Å²) in [6.45, 7) is 3.20. The molecule has 6 nitrogen and oxygen atoms in total. The molecule has 0 heterocycles. The summed E-state index contributed by atoms with van der Waals surface area (Å²) in [5.74, 6) is 0. The fourth-order valence-electron chi connectivity index (χ4n) is 2.56. The molecule has 8 heteroatoms. The van der Waals surface area contributed by atoms with Gasteiger partial charge in [0.15, 0.2) is 0 Å². The van der Waals surface area contributed by atoms with Crippen LogP contribution >= 0.6 is 0 Å². The summed E-state index contributed by atoms with van der Waals surface area (Å²) >= 11 is 0. The van der Waals surface area contributed by atoms with Crippen LogP contribution in [-0.4, -0.2) is 25.6 Å². The predicted molar refractivity (Wildman–Crippen MR) is 85.1 cm³/mol. The Morgan fingerprint density at radius 1 is 1.43 bits per heavy atom. The van der Waals surface area contributed by atoms with Gasteiger partial charge < -0.3 is 25.7 Å². The van der Waals surface area contributed by atoms with Crippen LogP contribution in [0, 0.1) is 13.0 Å². The minimum absolute atomic E-state index is 0. The summed E-state index contributed by atoms with van der Waals surface area (Å²) in [5, 5.41) is 5.51. The van der Waals surface area contributed by atoms with E-state index in [4.69, 9.17) is 10.4 Å². The second kappa shape index (κ2) is 9.61. The van der Waals surface area contributed by atoms with Crippen LogP contribution in [0.15, 0.2) is 12.1 Å². The van der Waals surface area contributed by atoms with Gasteiger partial charge in [-0.15, -0.1) is 17.1 Å². The molecule has 2 amide bonds. The van der Waals surface area contributed by atoms with Gasteiger partial charge in [0.2, 0.25) is 0 Å². The maximum Gasteiger partial charge on any atom is 2.00 e. The number of rotatable bonds is 5. The van der Waals surface area contributed by atoms with E-state index in [1.807, 2.05) is 6.92 Å². The fraction of sp³-hybridized carbons (Fsp3) is 0.467. The van der Waals surface area contributed by atoms with Crippen molar-refractivity contribution in [3.05, 3.63) is 23.8 Å². The summed E-state index contributed by atoms with van der Waals surface area (Å²) in [4.78, 5) is 22.6. The zero-order valence-electron chi connectivity index (χ0n) is 13.1. The quantitative estimate of drug-likeness (QED) is 0.327. The van der Waals surface area contributed by atoms with Gasteiger partial charge >= 0.3 is 34.1 Å². The zero-order chi connectivity index (χ0) is 15.9. The van der Waals surface area contributed by atoms with Crippen LogP contribution in [0.3, 0.4) is 0 Å². The minimum Gasteiger partial charge on any atom is -0.707 e. The van der Waals surface area contributed by atoms with E-state index in [2.05, 4.69) is 16.6 Å². The SMILES string of the molecule is Cc1c[c-]c(B(NC(=O)NC2CCCCC2)O[C-]=O)cc1N.[W+2]. The van der Waals surface area contributed by atoms with Crippen LogP contribution in [0.2, 0.25) is 0 Å². The molecule has 0 spiro atoms. The molecular formula is C15H20BN3O3W. The molecule has 1 aromatic rings. The minimum atomic E-state index is -0.955. The van der Waals surface area contributed by atoms with Gasteiger partial charge in [0.1, 0.15) is 0 Å². The molecule has 0 unspecified atom stereocenters. The van der Waals surface area contributed by atoms with E-state index >= 15 is 0 Å². The van der Waals surface area contributed by atoms with Gasteiger partial charge in [-0.05, 0) is 12.8 Å². The van der Waals surface area contributed by atoms with Gasteiger partial charge in [-0.1, -0.05) is 38.3 Å². The molecule has 1 aliphatic carbocycles. The van der Waals surface area contributed by atoms with Crippen molar-refractivity contribution < 1.29 is 35.3 Å². The van der Waals surface area contributed by atoms with Crippen molar-refractivity contribution in [2.45, 2.75) is 45.1 Å². The molecule has 0 radical (unpaired) electrons. The normalized spacial score (nSPS) is 14.3. The number of nitrogen functional groups attached to an aromatic ring is 1. The van der Waals surface area contributed by atoms with E-state index in [1.165, 1.54) is 12.9 Å². The molecule has 122 valence electrons. The maximum atomic E-state index is 12.0. The molecular weight excluding hydrogens is 465 g/mol. The van der Waals surface area contributed by atoms with E-state index in [-0.39, 0.29) is 33.1 Å². The van der Waals surface area contributed by atoms with E-state index in [1.54, 1.807) is 12.1 Å². The van der Waals surface area contributed by atoms with E-state index in [9.17, 15) is 9.59 Å². The Labute approximate surface area is 151 Å². The third kappa shape index (κ3) is 5.90. The number of nitrogens with one attached hydrogen (secondary N) is 2. The number of nitrogens with two attached hydrogens (primary N) is 1. The Morgan fingerprint density at radius 2 is 2.13 bits per heavy atom. The number of anilines is 1. The predicted octanol–water partition coefficient (Wildman–Crippen LogP) is 0.786. The van der Waals surface area contributed by atoms with Crippen molar-refractivity contribution in [2.24, 2.45) is 0 Å². The monoisotopic (exact) mass is 485 g/mol. The molecule has 1 aliphatic rings. The van der Waals surface area contributed by atoms with Crippen molar-refractivity contribution in [3.8, 4) is 0 Å². The summed E-state index contributed by atoms with van der Waals surface area (Å²) in [6.07, 6.45) is 5.40. The molecule has 4 N–H and O–H groups in total. The van der Waals surface area contributed by atoms with Crippen molar-refractivity contribution in [3.63, 3.8) is 0 Å². The second-order valence-electron chi connectivity index (χ2n) is 5.56. The molecule has 0 aromatic heterocycles. The number of aryl methyl sites for hydroxylation is 1. The molecule has 0 saturated heterocycles. The molecule has 0 bridgehead atoms. The summed E-state index contributed by atoms with van der Waals surface area (Å²) in [6, 6.07) is 6.05. The van der Waals surface area contributed by atoms with Crippen LogP contribution in [0.25, 0.3) is 0 Å². The first-order valence-electron chi connectivity index (χ1n) is 7.47. The first-order chi connectivity index (χ1) is 10.6. The van der Waals surface area contributed by atoms with Crippen molar-refractivity contribution in [1.29, 1.82) is 0 Å². The first-order valence-corrected chi connectivity index (χ1v) is 7.47. The zero-order valence-corrected chi connectivity index (χ0v) is 16.0. The summed E-state index contributed by atoms with van der Waals surface area (Å²) in [5.41, 5.74) is 7.72. The van der Waals surface area contributed by atoms with Crippen molar-refractivity contribution in [1.82, 2.24) is 10.5 Å². The Bertz CT molecular complexity index is 539. The van der Waals surface area contributed by atoms with Crippen LogP contribution in [0.1, 0.15) is 37.7 Å². The molecule has 0 atom stereocenters. The van der Waals surface area contributed by atoms with Gasteiger partial charge in [0.25, 0.3) is 0 Å². The van der Waals surface area contributed by atoms with Crippen molar-refractivity contribution >= 4 is 30.7 Å². The molecule has 23 heavy (non-hydrogen) atoms. The molecule has 0 aliphatic heterocycles. The van der Waals surface area contributed by atoms with Crippen LogP contribution in [0.4, 0.5) is 10.5 Å². The van der Waals surface area contributed by atoms with Gasteiger partial charge in [0, 0.05) is 6.04 Å². The number of hydrogen-bond acceptors (Lipinski definition) is 4. The van der Waals surface area contributed by atoms with Gasteiger partial charge in [-0.2, -0.15) is 12.1 Å². The third-order valence-corrected chi connectivity index (χ3v) is 3.87. The van der Waals surface area contributed by atoms with Crippen LogP contribution in [0.5, 0.6) is 0 Å². The van der Waals surface area contributed by atoms with Crippen LogP contribution in [-0.2, 0) is 30.5 Å². The molecule has 1 fully saturated rings. The standard InChI is InChI=1S/C15H20BN3O3.W/c1-11-7-8-12(9-14(11)17)16(22-10-20)19-15(21)18-13-5-3-2-4-6-13;/h7,9,13H,2-6,17H2,1H3,(H2,18,19,21);/q-2;+2. The van der Waals surface area contributed by atoms with Gasteiger partial charge in [0.05, 0.1) is 0 Å². The van der Waals surface area contributed by atoms with Crippen LogP contribution < -0.4 is 21.7 Å². The fourth-order valence-corrected chi connectivity index (χ4v) is 2.56. The topological polar surface area (TPSA) is 93.5 Å². The number of benzene rings is 1. The number of amides is 2. The van der Waals surface area contributed by atoms with E-state index in [0.29, 0.717) is 11.2 Å². The molecule has 2 rings (SSSR count).